The van der Waals surface area contributed by atoms with Crippen molar-refractivity contribution in [3.63, 3.8) is 0 Å². The van der Waals surface area contributed by atoms with E-state index in [1.165, 1.54) is 5.57 Å². The van der Waals surface area contributed by atoms with Crippen LogP contribution in [0.1, 0.15) is 29.8 Å². The van der Waals surface area contributed by atoms with Crippen LogP contribution in [0.15, 0.2) is 72.3 Å². The van der Waals surface area contributed by atoms with E-state index in [0.29, 0.717) is 12.2 Å². The summed E-state index contributed by atoms with van der Waals surface area (Å²) in [6, 6.07) is 16.9. The molecule has 0 aliphatic rings. The van der Waals surface area contributed by atoms with Gasteiger partial charge in [-0.15, -0.1) is 0 Å². The Bertz CT molecular complexity index is 678. The molecule has 0 N–H and O–H groups in total. The molecular formula is C20H20O2. The normalized spacial score (nSPS) is 10.5. The average Bonchev–Trinajstić information content (AvgIpc) is 2.54. The molecule has 0 heterocycles. The predicted octanol–water partition coefficient (Wildman–Crippen LogP) is 4.93. The Kier molecular flexibility index (Phi) is 5.73. The second kappa shape index (κ2) is 7.99. The van der Waals surface area contributed by atoms with Crippen molar-refractivity contribution in [3.05, 3.63) is 83.4 Å². The summed E-state index contributed by atoms with van der Waals surface area (Å²) < 4.78 is 5.75. The Labute approximate surface area is 131 Å². The minimum Gasteiger partial charge on any atom is -0.489 e. The van der Waals surface area contributed by atoms with Gasteiger partial charge in [0.1, 0.15) is 12.4 Å². The van der Waals surface area contributed by atoms with Crippen LogP contribution < -0.4 is 4.74 Å². The van der Waals surface area contributed by atoms with Crippen molar-refractivity contribution >= 4 is 11.9 Å². The van der Waals surface area contributed by atoms with Gasteiger partial charge >= 0.3 is 0 Å². The number of rotatable bonds is 6. The standard InChI is InChI=1S/C20H20O2/c1-16(2)14-15-22-20-11-7-6-10-18(20)12-13-19(21)17-8-4-3-5-9-17/h3-14H,15H2,1-2H3/b13-12+. The number of ether oxygens (including phenoxy) is 1. The van der Waals surface area contributed by atoms with Gasteiger partial charge in [-0.2, -0.15) is 0 Å². The summed E-state index contributed by atoms with van der Waals surface area (Å²) in [4.78, 5) is 12.1. The van der Waals surface area contributed by atoms with Crippen LogP contribution >= 0.6 is 0 Å². The van der Waals surface area contributed by atoms with Gasteiger partial charge in [-0.25, -0.2) is 0 Å². The molecule has 0 fully saturated rings. The van der Waals surface area contributed by atoms with Crippen molar-refractivity contribution in [3.8, 4) is 5.75 Å². The van der Waals surface area contributed by atoms with Crippen molar-refractivity contribution in [2.24, 2.45) is 0 Å². The van der Waals surface area contributed by atoms with E-state index in [2.05, 4.69) is 0 Å². The molecule has 0 radical (unpaired) electrons. The first-order valence-electron chi connectivity index (χ1n) is 7.29. The Morgan fingerprint density at radius 2 is 1.68 bits per heavy atom. The molecule has 0 saturated carbocycles. The van der Waals surface area contributed by atoms with Crippen LogP contribution in [-0.4, -0.2) is 12.4 Å². The van der Waals surface area contributed by atoms with E-state index in [-0.39, 0.29) is 5.78 Å². The molecule has 0 bridgehead atoms. The molecule has 0 aromatic heterocycles. The summed E-state index contributed by atoms with van der Waals surface area (Å²) in [5.74, 6) is 0.761. The van der Waals surface area contributed by atoms with Crippen molar-refractivity contribution in [1.29, 1.82) is 0 Å². The monoisotopic (exact) mass is 292 g/mol. The number of para-hydroxylation sites is 1. The van der Waals surface area contributed by atoms with Crippen molar-refractivity contribution < 1.29 is 9.53 Å². The van der Waals surface area contributed by atoms with Crippen LogP contribution in [0.25, 0.3) is 6.08 Å². The fraction of sp³-hybridized carbons (Fsp3) is 0.150. The molecule has 2 aromatic carbocycles. The fourth-order valence-corrected chi connectivity index (χ4v) is 1.91. The maximum atomic E-state index is 12.1. The van der Waals surface area contributed by atoms with E-state index in [0.717, 1.165) is 11.3 Å². The van der Waals surface area contributed by atoms with Crippen LogP contribution in [0.5, 0.6) is 5.75 Å². The SMILES string of the molecule is CC(C)=CCOc1ccccc1/C=C/C(=O)c1ccccc1. The minimum atomic E-state index is -0.0142. The average molecular weight is 292 g/mol. The lowest BCUT2D eigenvalue weighted by molar-refractivity contribution is 0.104. The van der Waals surface area contributed by atoms with Gasteiger partial charge in [0.2, 0.25) is 0 Å². The van der Waals surface area contributed by atoms with Crippen molar-refractivity contribution in [1.82, 2.24) is 0 Å². The third kappa shape index (κ3) is 4.74. The summed E-state index contributed by atoms with van der Waals surface area (Å²) in [7, 11) is 0. The molecular weight excluding hydrogens is 272 g/mol. The summed E-state index contributed by atoms with van der Waals surface area (Å²) in [5.41, 5.74) is 2.79. The number of benzene rings is 2. The molecule has 0 atom stereocenters. The van der Waals surface area contributed by atoms with E-state index in [9.17, 15) is 4.79 Å². The molecule has 2 rings (SSSR count). The van der Waals surface area contributed by atoms with Crippen molar-refractivity contribution in [2.45, 2.75) is 13.8 Å². The van der Waals surface area contributed by atoms with E-state index in [4.69, 9.17) is 4.74 Å². The lowest BCUT2D eigenvalue weighted by Crippen LogP contribution is -1.97. The summed E-state index contributed by atoms with van der Waals surface area (Å²) in [6.45, 7) is 4.60. The molecule has 0 aliphatic carbocycles. The highest BCUT2D eigenvalue weighted by molar-refractivity contribution is 6.06. The van der Waals surface area contributed by atoms with Crippen LogP contribution in [-0.2, 0) is 0 Å². The number of carbonyl (C=O) groups is 1. The number of carbonyl (C=O) groups excluding carboxylic acids is 1. The summed E-state index contributed by atoms with van der Waals surface area (Å²) in [5, 5.41) is 0. The third-order valence-corrected chi connectivity index (χ3v) is 3.12. The van der Waals surface area contributed by atoms with Crippen LogP contribution in [0, 0.1) is 0 Å². The van der Waals surface area contributed by atoms with Crippen LogP contribution in [0.2, 0.25) is 0 Å². The molecule has 2 heteroatoms. The Morgan fingerprint density at radius 1 is 1.00 bits per heavy atom. The molecule has 2 nitrogen and oxygen atoms in total. The fourth-order valence-electron chi connectivity index (χ4n) is 1.91. The predicted molar refractivity (Wildman–Crippen MR) is 91.2 cm³/mol. The van der Waals surface area contributed by atoms with E-state index < -0.39 is 0 Å². The zero-order valence-corrected chi connectivity index (χ0v) is 13.0. The largest absolute Gasteiger partial charge is 0.489 e. The molecule has 0 spiro atoms. The maximum absolute atomic E-state index is 12.1. The zero-order valence-electron chi connectivity index (χ0n) is 13.0. The number of hydrogen-bond acceptors (Lipinski definition) is 2. The number of hydrogen-bond donors (Lipinski definition) is 0. The highest BCUT2D eigenvalue weighted by atomic mass is 16.5. The first-order valence-corrected chi connectivity index (χ1v) is 7.29. The van der Waals surface area contributed by atoms with Crippen LogP contribution in [0.3, 0.4) is 0 Å². The Morgan fingerprint density at radius 3 is 2.41 bits per heavy atom. The highest BCUT2D eigenvalue weighted by Crippen LogP contribution is 2.20. The Balaban J connectivity index is 2.10. The van der Waals surface area contributed by atoms with E-state index >= 15 is 0 Å². The topological polar surface area (TPSA) is 26.3 Å². The quantitative estimate of drug-likeness (QED) is 0.429. The van der Waals surface area contributed by atoms with Gasteiger partial charge in [-0.05, 0) is 38.1 Å². The van der Waals surface area contributed by atoms with E-state index in [1.54, 1.807) is 12.2 Å². The lowest BCUT2D eigenvalue weighted by Gasteiger charge is -2.07. The van der Waals surface area contributed by atoms with Gasteiger partial charge in [0.25, 0.3) is 0 Å². The minimum absolute atomic E-state index is 0.0142. The number of allylic oxidation sites excluding steroid dienone is 2. The van der Waals surface area contributed by atoms with Gasteiger partial charge in [0, 0.05) is 11.1 Å². The van der Waals surface area contributed by atoms with Gasteiger partial charge in [-0.3, -0.25) is 4.79 Å². The Hall–Kier alpha value is -2.61. The highest BCUT2D eigenvalue weighted by Gasteiger charge is 2.02. The molecule has 22 heavy (non-hydrogen) atoms. The molecule has 0 aliphatic heterocycles. The molecule has 0 unspecified atom stereocenters. The number of ketones is 1. The van der Waals surface area contributed by atoms with Gasteiger partial charge in [-0.1, -0.05) is 54.1 Å². The van der Waals surface area contributed by atoms with Gasteiger partial charge in [0.15, 0.2) is 5.78 Å². The first kappa shape index (κ1) is 15.8. The van der Waals surface area contributed by atoms with Crippen LogP contribution in [0.4, 0.5) is 0 Å². The van der Waals surface area contributed by atoms with E-state index in [1.807, 2.05) is 74.5 Å². The molecule has 0 amide bonds. The second-order valence-electron chi connectivity index (χ2n) is 5.19. The van der Waals surface area contributed by atoms with Gasteiger partial charge in [0.05, 0.1) is 0 Å². The summed E-state index contributed by atoms with van der Waals surface area (Å²) >= 11 is 0. The smallest absolute Gasteiger partial charge is 0.185 e. The van der Waals surface area contributed by atoms with Crippen molar-refractivity contribution in [2.75, 3.05) is 6.61 Å². The molecule has 112 valence electrons. The molecule has 0 saturated heterocycles. The second-order valence-corrected chi connectivity index (χ2v) is 5.19. The third-order valence-electron chi connectivity index (χ3n) is 3.12. The lowest BCUT2D eigenvalue weighted by atomic mass is 10.1. The molecule has 2 aromatic rings. The summed E-state index contributed by atoms with van der Waals surface area (Å²) in [6.07, 6.45) is 5.40. The zero-order chi connectivity index (χ0) is 15.8. The maximum Gasteiger partial charge on any atom is 0.185 e. The van der Waals surface area contributed by atoms with Gasteiger partial charge < -0.3 is 4.74 Å². The first-order chi connectivity index (χ1) is 10.7.